The van der Waals surface area contributed by atoms with Gasteiger partial charge in [-0.25, -0.2) is 4.98 Å². The lowest BCUT2D eigenvalue weighted by Crippen LogP contribution is -2.41. The van der Waals surface area contributed by atoms with Crippen molar-refractivity contribution in [2.75, 3.05) is 5.32 Å². The third-order valence-electron chi connectivity index (χ3n) is 4.87. The van der Waals surface area contributed by atoms with Crippen molar-refractivity contribution >= 4 is 28.3 Å². The number of aryl methyl sites for hydroxylation is 2. The average molecular weight is 372 g/mol. The molecule has 0 saturated carbocycles. The molecule has 0 spiro atoms. The fourth-order valence-electron chi connectivity index (χ4n) is 3.19. The number of nitrogens with one attached hydrogen (secondary N) is 2. The number of carbonyl (C=O) groups is 2. The van der Waals surface area contributed by atoms with Gasteiger partial charge in [0.1, 0.15) is 6.04 Å². The highest BCUT2D eigenvalue weighted by molar-refractivity contribution is 7.15. The first-order valence-corrected chi connectivity index (χ1v) is 9.95. The Hall–Kier alpha value is -2.21. The van der Waals surface area contributed by atoms with E-state index in [2.05, 4.69) is 22.5 Å². The number of nitrogens with zero attached hydrogens (tertiary/aromatic N) is 1. The van der Waals surface area contributed by atoms with Crippen LogP contribution in [0.5, 0.6) is 0 Å². The number of amides is 2. The number of thiazole rings is 1. The molecular formula is C20H25N3O2S. The largest absolute Gasteiger partial charge is 0.341 e. The van der Waals surface area contributed by atoms with E-state index in [0.717, 1.165) is 30.0 Å². The lowest BCUT2D eigenvalue weighted by molar-refractivity contribution is -0.117. The Kier molecular flexibility index (Phi) is 5.71. The molecule has 2 unspecified atom stereocenters. The fourth-order valence-corrected chi connectivity index (χ4v) is 4.32. The molecule has 3 rings (SSSR count). The van der Waals surface area contributed by atoms with E-state index in [0.29, 0.717) is 10.7 Å². The second kappa shape index (κ2) is 7.99. The summed E-state index contributed by atoms with van der Waals surface area (Å²) in [5, 5.41) is 6.23. The zero-order chi connectivity index (χ0) is 18.7. The summed E-state index contributed by atoms with van der Waals surface area (Å²) in [5.74, 6) is 0.226. The van der Waals surface area contributed by atoms with Gasteiger partial charge in [0.25, 0.3) is 5.91 Å². The Morgan fingerprint density at radius 1 is 1.38 bits per heavy atom. The van der Waals surface area contributed by atoms with Gasteiger partial charge >= 0.3 is 0 Å². The second-order valence-electron chi connectivity index (χ2n) is 6.96. The molecule has 5 nitrogen and oxygen atoms in total. The molecule has 138 valence electrons. The molecule has 2 amide bonds. The number of aromatic nitrogens is 1. The van der Waals surface area contributed by atoms with Gasteiger partial charge in [0.05, 0.1) is 5.69 Å². The minimum Gasteiger partial charge on any atom is -0.341 e. The summed E-state index contributed by atoms with van der Waals surface area (Å²) >= 11 is 1.56. The van der Waals surface area contributed by atoms with Crippen molar-refractivity contribution < 1.29 is 9.59 Å². The van der Waals surface area contributed by atoms with E-state index in [9.17, 15) is 9.59 Å². The van der Waals surface area contributed by atoms with E-state index in [1.54, 1.807) is 30.4 Å². The predicted molar refractivity (Wildman–Crippen MR) is 105 cm³/mol. The van der Waals surface area contributed by atoms with Crippen molar-refractivity contribution in [2.45, 2.75) is 52.5 Å². The van der Waals surface area contributed by atoms with Crippen molar-refractivity contribution in [1.29, 1.82) is 0 Å². The first-order valence-electron chi connectivity index (χ1n) is 9.13. The Balaban J connectivity index is 1.59. The maximum atomic E-state index is 12.4. The van der Waals surface area contributed by atoms with Gasteiger partial charge in [0, 0.05) is 10.4 Å². The zero-order valence-corrected chi connectivity index (χ0v) is 16.3. The summed E-state index contributed by atoms with van der Waals surface area (Å²) in [7, 11) is 0. The van der Waals surface area contributed by atoms with Gasteiger partial charge in [-0.3, -0.25) is 9.59 Å². The van der Waals surface area contributed by atoms with E-state index in [1.807, 2.05) is 19.1 Å². The van der Waals surface area contributed by atoms with Crippen LogP contribution in [0.1, 0.15) is 53.2 Å². The number of fused-ring (bicyclic) bond motifs is 1. The third-order valence-corrected chi connectivity index (χ3v) is 5.91. The predicted octanol–water partition coefficient (Wildman–Crippen LogP) is 3.72. The highest BCUT2D eigenvalue weighted by atomic mass is 32.1. The third kappa shape index (κ3) is 4.30. The quantitative estimate of drug-likeness (QED) is 0.841. The van der Waals surface area contributed by atoms with Crippen LogP contribution in [0.25, 0.3) is 0 Å². The molecule has 0 fully saturated rings. The summed E-state index contributed by atoms with van der Waals surface area (Å²) in [6, 6.07) is 6.68. The van der Waals surface area contributed by atoms with Crippen LogP contribution >= 0.6 is 11.3 Å². The average Bonchev–Trinajstić information content (AvgIpc) is 3.02. The second-order valence-corrected chi connectivity index (χ2v) is 8.04. The Labute approximate surface area is 158 Å². The number of hydrogen-bond acceptors (Lipinski definition) is 4. The smallest absolute Gasteiger partial charge is 0.251 e. The monoisotopic (exact) mass is 371 g/mol. The highest BCUT2D eigenvalue weighted by Crippen LogP contribution is 2.33. The minimum atomic E-state index is -0.632. The van der Waals surface area contributed by atoms with E-state index in [1.165, 1.54) is 17.7 Å². The molecule has 0 bridgehead atoms. The Morgan fingerprint density at radius 3 is 2.92 bits per heavy atom. The van der Waals surface area contributed by atoms with Crippen LogP contribution < -0.4 is 10.6 Å². The number of carbonyl (C=O) groups excluding carboxylic acids is 2. The fraction of sp³-hybridized carbons (Fsp3) is 0.450. The van der Waals surface area contributed by atoms with Gasteiger partial charge in [-0.05, 0) is 51.2 Å². The Morgan fingerprint density at radius 2 is 2.19 bits per heavy atom. The molecule has 1 aromatic heterocycles. The van der Waals surface area contributed by atoms with Gasteiger partial charge in [0.15, 0.2) is 5.13 Å². The minimum absolute atomic E-state index is 0.246. The normalized spacial score (nSPS) is 17.3. The van der Waals surface area contributed by atoms with E-state index in [-0.39, 0.29) is 11.8 Å². The molecule has 2 aromatic rings. The summed E-state index contributed by atoms with van der Waals surface area (Å²) in [5.41, 5.74) is 2.68. The van der Waals surface area contributed by atoms with Crippen LogP contribution in [0.15, 0.2) is 24.3 Å². The molecular weight excluding hydrogens is 346 g/mol. The summed E-state index contributed by atoms with van der Waals surface area (Å²) in [6.45, 7) is 5.84. The molecule has 0 saturated heterocycles. The van der Waals surface area contributed by atoms with E-state index < -0.39 is 6.04 Å². The molecule has 1 heterocycles. The van der Waals surface area contributed by atoms with Crippen molar-refractivity contribution in [3.63, 3.8) is 0 Å². The van der Waals surface area contributed by atoms with E-state index >= 15 is 0 Å². The van der Waals surface area contributed by atoms with Gasteiger partial charge < -0.3 is 10.6 Å². The molecule has 6 heteroatoms. The standard InChI is InChI=1S/C20H25N3O2S/c1-4-14-8-9-16-17(11-14)26-20(22-16)23-18(24)13(3)21-19(25)15-7-5-6-12(2)10-15/h5-7,10,13-14H,4,8-9,11H2,1-3H3,(H,21,25)(H,22,23,24). The topological polar surface area (TPSA) is 71.1 Å². The molecule has 2 atom stereocenters. The van der Waals surface area contributed by atoms with E-state index in [4.69, 9.17) is 0 Å². The summed E-state index contributed by atoms with van der Waals surface area (Å²) < 4.78 is 0. The molecule has 1 aliphatic rings. The zero-order valence-electron chi connectivity index (χ0n) is 15.5. The summed E-state index contributed by atoms with van der Waals surface area (Å²) in [4.78, 5) is 30.6. The number of anilines is 1. The van der Waals surface area contributed by atoms with Crippen LogP contribution in [0, 0.1) is 12.8 Å². The van der Waals surface area contributed by atoms with Crippen LogP contribution in [0.4, 0.5) is 5.13 Å². The molecule has 0 radical (unpaired) electrons. The van der Waals surface area contributed by atoms with Crippen molar-refractivity contribution in [3.8, 4) is 0 Å². The first-order chi connectivity index (χ1) is 12.5. The SMILES string of the molecule is CCC1CCc2nc(NC(=O)C(C)NC(=O)c3cccc(C)c3)sc2C1. The number of benzene rings is 1. The summed E-state index contributed by atoms with van der Waals surface area (Å²) in [6.07, 6.45) is 4.39. The lowest BCUT2D eigenvalue weighted by atomic mass is 9.89. The lowest BCUT2D eigenvalue weighted by Gasteiger charge is -2.18. The molecule has 2 N–H and O–H groups in total. The maximum Gasteiger partial charge on any atom is 0.251 e. The number of rotatable bonds is 5. The Bertz CT molecular complexity index is 815. The van der Waals surface area contributed by atoms with Crippen LogP contribution in [0.2, 0.25) is 0 Å². The maximum absolute atomic E-state index is 12.4. The molecule has 26 heavy (non-hydrogen) atoms. The van der Waals surface area contributed by atoms with Crippen molar-refractivity contribution in [1.82, 2.24) is 10.3 Å². The van der Waals surface area contributed by atoms with Gasteiger partial charge in [0.2, 0.25) is 5.91 Å². The number of hydrogen-bond donors (Lipinski definition) is 2. The van der Waals surface area contributed by atoms with Crippen molar-refractivity contribution in [3.05, 3.63) is 46.0 Å². The van der Waals surface area contributed by atoms with Gasteiger partial charge in [-0.15, -0.1) is 11.3 Å². The highest BCUT2D eigenvalue weighted by Gasteiger charge is 2.23. The molecule has 0 aliphatic heterocycles. The van der Waals surface area contributed by atoms with Gasteiger partial charge in [-0.2, -0.15) is 0 Å². The molecule has 1 aromatic carbocycles. The van der Waals surface area contributed by atoms with Crippen LogP contribution in [-0.2, 0) is 17.6 Å². The van der Waals surface area contributed by atoms with Crippen LogP contribution in [0.3, 0.4) is 0 Å². The van der Waals surface area contributed by atoms with Crippen LogP contribution in [-0.4, -0.2) is 22.8 Å². The van der Waals surface area contributed by atoms with Gasteiger partial charge in [-0.1, -0.05) is 31.0 Å². The first kappa shape index (κ1) is 18.6. The molecule has 1 aliphatic carbocycles. The van der Waals surface area contributed by atoms with Crippen molar-refractivity contribution in [2.24, 2.45) is 5.92 Å².